The number of rotatable bonds is 10. The third-order valence-electron chi connectivity index (χ3n) is 7.22. The van der Waals surface area contributed by atoms with Gasteiger partial charge in [0.25, 0.3) is 11.2 Å². The van der Waals surface area contributed by atoms with Gasteiger partial charge in [-0.2, -0.15) is 0 Å². The Morgan fingerprint density at radius 1 is 1.13 bits per heavy atom. The van der Waals surface area contributed by atoms with Crippen molar-refractivity contribution >= 4 is 63.3 Å². The summed E-state index contributed by atoms with van der Waals surface area (Å²) in [7, 11) is 0. The molecule has 1 aromatic heterocycles. The Balaban J connectivity index is 1.62. The maximum absolute atomic E-state index is 14.1. The lowest BCUT2D eigenvalue weighted by molar-refractivity contribution is -0.385. The van der Waals surface area contributed by atoms with Gasteiger partial charge in [-0.15, -0.1) is 0 Å². The zero-order valence-corrected chi connectivity index (χ0v) is 29.1. The second kappa shape index (κ2) is 14.2. The number of aryl methyl sites for hydroxylation is 1. The number of carbonyl (C=O) groups excluding carboxylic acids is 1. The SMILES string of the molecule is CCOC(=O)C1=C(C)N=c2s/c(=C/c3cc(I)c(OCc4ccccc4Cl)c(OCC)c3)c(=O)n2[C@@H]1c1ccc(C)c([N+](=O)[O-])c1. The van der Waals surface area contributed by atoms with Crippen LogP contribution < -0.4 is 24.4 Å². The highest BCUT2D eigenvalue weighted by Gasteiger charge is 2.34. The van der Waals surface area contributed by atoms with Crippen LogP contribution in [-0.4, -0.2) is 28.7 Å². The largest absolute Gasteiger partial charge is 0.490 e. The fourth-order valence-electron chi connectivity index (χ4n) is 5.09. The number of esters is 1. The van der Waals surface area contributed by atoms with Gasteiger partial charge in [-0.3, -0.25) is 19.5 Å². The number of nitrogens with zero attached hydrogens (tertiary/aromatic N) is 3. The summed E-state index contributed by atoms with van der Waals surface area (Å²) in [6.45, 7) is 7.59. The molecule has 10 nitrogen and oxygen atoms in total. The number of fused-ring (bicyclic) bond motifs is 1. The summed E-state index contributed by atoms with van der Waals surface area (Å²) < 4.78 is 19.9. The molecule has 1 atom stereocenters. The number of benzene rings is 3. The number of halogens is 2. The molecule has 1 aliphatic rings. The lowest BCUT2D eigenvalue weighted by Crippen LogP contribution is -2.40. The van der Waals surface area contributed by atoms with Gasteiger partial charge in [0.05, 0.1) is 43.6 Å². The third kappa shape index (κ3) is 6.74. The van der Waals surface area contributed by atoms with Gasteiger partial charge < -0.3 is 14.2 Å². The van der Waals surface area contributed by atoms with Gasteiger partial charge in [-0.25, -0.2) is 9.79 Å². The summed E-state index contributed by atoms with van der Waals surface area (Å²) in [5.41, 5.74) is 2.37. The molecule has 46 heavy (non-hydrogen) atoms. The van der Waals surface area contributed by atoms with Crippen LogP contribution in [0.15, 0.2) is 75.7 Å². The Morgan fingerprint density at radius 2 is 1.89 bits per heavy atom. The van der Waals surface area contributed by atoms with Crippen LogP contribution in [0.5, 0.6) is 11.5 Å². The van der Waals surface area contributed by atoms with Gasteiger partial charge >= 0.3 is 5.97 Å². The Bertz CT molecular complexity index is 2070. The minimum absolute atomic E-state index is 0.111. The van der Waals surface area contributed by atoms with E-state index in [0.29, 0.717) is 54.8 Å². The molecule has 13 heteroatoms. The first kappa shape index (κ1) is 33.4. The lowest BCUT2D eigenvalue weighted by atomic mass is 9.94. The van der Waals surface area contributed by atoms with Crippen LogP contribution in [0, 0.1) is 20.6 Å². The first-order valence-corrected chi connectivity index (χ1v) is 16.6. The lowest BCUT2D eigenvalue weighted by Gasteiger charge is -2.24. The number of hydrogen-bond acceptors (Lipinski definition) is 9. The van der Waals surface area contributed by atoms with Crippen molar-refractivity contribution in [2.24, 2.45) is 4.99 Å². The standard InChI is InChI=1S/C33H29ClIN3O7S/c1-5-43-26-14-20(13-24(35)30(26)45-17-22-9-7-8-10-23(22)34)15-27-31(39)37-29(21-12-11-18(3)25(16-21)38(41)42)28(32(40)44-6-2)19(4)36-33(37)46-27/h7-16,29H,5-6,17H2,1-4H3/b27-15+/t29-/m1/s1. The summed E-state index contributed by atoms with van der Waals surface area (Å²) in [5.74, 6) is 0.414. The zero-order chi connectivity index (χ0) is 33.1. The molecule has 0 saturated carbocycles. The topological polar surface area (TPSA) is 122 Å². The van der Waals surface area contributed by atoms with Gasteiger partial charge in [0.15, 0.2) is 16.3 Å². The highest BCUT2D eigenvalue weighted by molar-refractivity contribution is 14.1. The van der Waals surface area contributed by atoms with Crippen LogP contribution in [0.2, 0.25) is 5.02 Å². The molecule has 0 unspecified atom stereocenters. The van der Waals surface area contributed by atoms with Crippen molar-refractivity contribution in [1.29, 1.82) is 0 Å². The van der Waals surface area contributed by atoms with Crippen molar-refractivity contribution in [3.8, 4) is 11.5 Å². The summed E-state index contributed by atoms with van der Waals surface area (Å²) in [6, 6.07) is 14.8. The first-order valence-electron chi connectivity index (χ1n) is 14.3. The fraction of sp³-hybridized carbons (Fsp3) is 0.242. The summed E-state index contributed by atoms with van der Waals surface area (Å²) in [5, 5.41) is 12.4. The number of aromatic nitrogens is 1. The Hall–Kier alpha value is -4.01. The molecule has 0 bridgehead atoms. The van der Waals surface area contributed by atoms with Crippen molar-refractivity contribution in [2.75, 3.05) is 13.2 Å². The molecule has 1 aliphatic heterocycles. The zero-order valence-electron chi connectivity index (χ0n) is 25.3. The highest BCUT2D eigenvalue weighted by atomic mass is 127. The van der Waals surface area contributed by atoms with E-state index in [1.165, 1.54) is 10.6 Å². The number of ether oxygens (including phenoxy) is 3. The van der Waals surface area contributed by atoms with Crippen LogP contribution in [0.4, 0.5) is 5.69 Å². The van der Waals surface area contributed by atoms with E-state index in [-0.39, 0.29) is 24.5 Å². The molecule has 238 valence electrons. The molecule has 0 aliphatic carbocycles. The molecule has 0 N–H and O–H groups in total. The smallest absolute Gasteiger partial charge is 0.338 e. The van der Waals surface area contributed by atoms with Crippen LogP contribution in [0.1, 0.15) is 49.1 Å². The molecule has 0 fully saturated rings. The molecule has 0 spiro atoms. The van der Waals surface area contributed by atoms with E-state index in [1.807, 2.05) is 31.2 Å². The van der Waals surface area contributed by atoms with Gasteiger partial charge in [0.2, 0.25) is 0 Å². The van der Waals surface area contributed by atoms with E-state index in [0.717, 1.165) is 20.5 Å². The van der Waals surface area contributed by atoms with Crippen molar-refractivity contribution in [3.05, 3.63) is 127 Å². The Kier molecular flexibility index (Phi) is 10.3. The van der Waals surface area contributed by atoms with E-state index in [9.17, 15) is 19.7 Å². The molecular weight excluding hydrogens is 745 g/mol. The molecule has 0 saturated heterocycles. The van der Waals surface area contributed by atoms with Crippen molar-refractivity contribution in [2.45, 2.75) is 40.3 Å². The van der Waals surface area contributed by atoms with Crippen LogP contribution in [-0.2, 0) is 16.1 Å². The Labute approximate surface area is 286 Å². The van der Waals surface area contributed by atoms with Crippen LogP contribution in [0.25, 0.3) is 6.08 Å². The predicted octanol–water partition coefficient (Wildman–Crippen LogP) is 6.25. The van der Waals surface area contributed by atoms with E-state index >= 15 is 0 Å². The molecule has 3 aromatic carbocycles. The first-order chi connectivity index (χ1) is 22.0. The predicted molar refractivity (Wildman–Crippen MR) is 184 cm³/mol. The van der Waals surface area contributed by atoms with E-state index in [1.54, 1.807) is 51.1 Å². The van der Waals surface area contributed by atoms with Gasteiger partial charge in [0.1, 0.15) is 6.61 Å². The average Bonchev–Trinajstić information content (AvgIpc) is 3.31. The Morgan fingerprint density at radius 3 is 2.59 bits per heavy atom. The van der Waals surface area contributed by atoms with Crippen LogP contribution in [0.3, 0.4) is 0 Å². The second-order valence-corrected chi connectivity index (χ2v) is 12.8. The third-order valence-corrected chi connectivity index (χ3v) is 9.37. The average molecular weight is 774 g/mol. The fourth-order valence-corrected chi connectivity index (χ4v) is 7.11. The van der Waals surface area contributed by atoms with E-state index in [2.05, 4.69) is 27.6 Å². The molecule has 5 rings (SSSR count). The number of carbonyl (C=O) groups is 1. The molecule has 0 radical (unpaired) electrons. The highest BCUT2D eigenvalue weighted by Crippen LogP contribution is 2.36. The van der Waals surface area contributed by atoms with E-state index < -0.39 is 22.5 Å². The molecule has 4 aromatic rings. The van der Waals surface area contributed by atoms with Gasteiger partial charge in [-0.05, 0) is 85.7 Å². The van der Waals surface area contributed by atoms with Crippen molar-refractivity contribution in [1.82, 2.24) is 4.57 Å². The number of thiazole rings is 1. The maximum atomic E-state index is 14.1. The summed E-state index contributed by atoms with van der Waals surface area (Å²) in [6.07, 6.45) is 1.73. The number of nitro benzene ring substituents is 1. The summed E-state index contributed by atoms with van der Waals surface area (Å²) in [4.78, 5) is 43.5. The minimum Gasteiger partial charge on any atom is -0.490 e. The number of hydrogen-bond donors (Lipinski definition) is 0. The van der Waals surface area contributed by atoms with Crippen LogP contribution >= 0.6 is 45.5 Å². The number of nitro groups is 1. The summed E-state index contributed by atoms with van der Waals surface area (Å²) >= 11 is 9.64. The second-order valence-electron chi connectivity index (χ2n) is 10.2. The van der Waals surface area contributed by atoms with Gasteiger partial charge in [0, 0.05) is 22.2 Å². The molecule has 0 amide bonds. The van der Waals surface area contributed by atoms with Crippen molar-refractivity contribution in [3.63, 3.8) is 0 Å². The molecule has 2 heterocycles. The quantitative estimate of drug-likeness (QED) is 0.0809. The number of allylic oxidation sites excluding steroid dienone is 1. The minimum atomic E-state index is -0.976. The molecular formula is C33H29ClIN3O7S. The van der Waals surface area contributed by atoms with Gasteiger partial charge in [-0.1, -0.05) is 53.3 Å². The monoisotopic (exact) mass is 773 g/mol. The van der Waals surface area contributed by atoms with Crippen molar-refractivity contribution < 1.29 is 23.9 Å². The van der Waals surface area contributed by atoms with E-state index in [4.69, 9.17) is 25.8 Å². The maximum Gasteiger partial charge on any atom is 0.338 e. The normalized spacial score (nSPS) is 14.5.